The van der Waals surface area contributed by atoms with E-state index >= 15 is 0 Å². The Balaban J connectivity index is 2.12. The molecule has 20 heavy (non-hydrogen) atoms. The van der Waals surface area contributed by atoms with Gasteiger partial charge in [-0.2, -0.15) is 0 Å². The number of primary amides is 1. The van der Waals surface area contributed by atoms with E-state index < -0.39 is 12.1 Å². The number of amides is 2. The summed E-state index contributed by atoms with van der Waals surface area (Å²) >= 11 is 0. The first-order chi connectivity index (χ1) is 9.61. The van der Waals surface area contributed by atoms with Crippen LogP contribution in [0.5, 0.6) is 5.75 Å². The molecule has 6 heteroatoms. The molecule has 1 atom stereocenters. The highest BCUT2D eigenvalue weighted by Crippen LogP contribution is 2.12. The lowest BCUT2D eigenvalue weighted by atomic mass is 10.2. The largest absolute Gasteiger partial charge is 0.491 e. The minimum absolute atomic E-state index is 0.224. The highest BCUT2D eigenvalue weighted by molar-refractivity contribution is 5.71. The molecule has 0 aliphatic carbocycles. The monoisotopic (exact) mass is 281 g/mol. The van der Waals surface area contributed by atoms with Crippen molar-refractivity contribution >= 4 is 6.03 Å². The van der Waals surface area contributed by atoms with Crippen LogP contribution in [-0.4, -0.2) is 43.5 Å². The first kappa shape index (κ1) is 16.3. The maximum atomic E-state index is 10.4. The second-order valence-corrected chi connectivity index (χ2v) is 4.46. The summed E-state index contributed by atoms with van der Waals surface area (Å²) in [7, 11) is 0. The summed E-state index contributed by atoms with van der Waals surface area (Å²) in [6.45, 7) is 3.69. The summed E-state index contributed by atoms with van der Waals surface area (Å²) in [5.41, 5.74) is 6.17. The number of nitrogens with one attached hydrogen (secondary N) is 2. The van der Waals surface area contributed by atoms with Gasteiger partial charge in [0.05, 0.1) is 0 Å². The van der Waals surface area contributed by atoms with Crippen LogP contribution in [0.25, 0.3) is 0 Å². The van der Waals surface area contributed by atoms with Gasteiger partial charge in [-0.3, -0.25) is 0 Å². The SMILES string of the molecule is CCc1ccc(OCC(O)CNCCNC(N)=O)cc1. The molecule has 1 aromatic rings. The first-order valence-corrected chi connectivity index (χ1v) is 6.75. The van der Waals surface area contributed by atoms with Gasteiger partial charge < -0.3 is 26.2 Å². The topological polar surface area (TPSA) is 96.6 Å². The number of carbonyl (C=O) groups is 1. The fourth-order valence-electron chi connectivity index (χ4n) is 1.62. The lowest BCUT2D eigenvalue weighted by molar-refractivity contribution is 0.106. The zero-order valence-electron chi connectivity index (χ0n) is 11.8. The Bertz CT molecular complexity index is 395. The quantitative estimate of drug-likeness (QED) is 0.488. The van der Waals surface area contributed by atoms with Crippen molar-refractivity contribution in [3.63, 3.8) is 0 Å². The van der Waals surface area contributed by atoms with E-state index in [0.717, 1.165) is 12.2 Å². The molecule has 0 aliphatic heterocycles. The van der Waals surface area contributed by atoms with Crippen LogP contribution in [-0.2, 0) is 6.42 Å². The average Bonchev–Trinajstić information content (AvgIpc) is 2.45. The summed E-state index contributed by atoms with van der Waals surface area (Å²) < 4.78 is 5.48. The molecule has 0 aromatic heterocycles. The number of nitrogens with two attached hydrogens (primary N) is 1. The Hall–Kier alpha value is -1.79. The fraction of sp³-hybridized carbons (Fsp3) is 0.500. The molecular weight excluding hydrogens is 258 g/mol. The number of aryl methyl sites for hydroxylation is 1. The van der Waals surface area contributed by atoms with E-state index in [1.165, 1.54) is 5.56 Å². The summed E-state index contributed by atoms with van der Waals surface area (Å²) in [6, 6.07) is 7.27. The fourth-order valence-corrected chi connectivity index (χ4v) is 1.62. The Kier molecular flexibility index (Phi) is 7.46. The van der Waals surface area contributed by atoms with E-state index in [0.29, 0.717) is 19.6 Å². The lowest BCUT2D eigenvalue weighted by Crippen LogP contribution is -2.38. The van der Waals surface area contributed by atoms with Gasteiger partial charge in [-0.1, -0.05) is 19.1 Å². The van der Waals surface area contributed by atoms with Crippen LogP contribution < -0.4 is 21.1 Å². The second kappa shape index (κ2) is 9.17. The first-order valence-electron chi connectivity index (χ1n) is 6.75. The highest BCUT2D eigenvalue weighted by atomic mass is 16.5. The van der Waals surface area contributed by atoms with E-state index in [1.807, 2.05) is 24.3 Å². The Labute approximate surface area is 119 Å². The van der Waals surface area contributed by atoms with E-state index in [2.05, 4.69) is 17.6 Å². The standard InChI is InChI=1S/C14H23N3O3/c1-2-11-3-5-13(6-4-11)20-10-12(18)9-16-7-8-17-14(15)19/h3-6,12,16,18H,2,7-10H2,1H3,(H3,15,17,19). The molecule has 0 heterocycles. The number of rotatable bonds is 9. The van der Waals surface area contributed by atoms with E-state index in [1.54, 1.807) is 0 Å². The van der Waals surface area contributed by atoms with Crippen molar-refractivity contribution in [2.24, 2.45) is 5.73 Å². The van der Waals surface area contributed by atoms with Crippen molar-refractivity contribution in [2.45, 2.75) is 19.4 Å². The van der Waals surface area contributed by atoms with Crippen molar-refractivity contribution in [1.82, 2.24) is 10.6 Å². The molecule has 1 rings (SSSR count). The van der Waals surface area contributed by atoms with Gasteiger partial charge >= 0.3 is 6.03 Å². The maximum absolute atomic E-state index is 10.4. The van der Waals surface area contributed by atoms with Gasteiger partial charge in [0.2, 0.25) is 0 Å². The Morgan fingerprint density at radius 1 is 1.35 bits per heavy atom. The average molecular weight is 281 g/mol. The van der Waals surface area contributed by atoms with Crippen LogP contribution in [0, 0.1) is 0 Å². The second-order valence-electron chi connectivity index (χ2n) is 4.46. The van der Waals surface area contributed by atoms with Gasteiger partial charge in [0.1, 0.15) is 18.5 Å². The minimum atomic E-state index is -0.602. The van der Waals surface area contributed by atoms with Crippen LogP contribution in [0.4, 0.5) is 4.79 Å². The molecule has 1 unspecified atom stereocenters. The number of aliphatic hydroxyl groups excluding tert-OH is 1. The number of aliphatic hydroxyl groups is 1. The van der Waals surface area contributed by atoms with Gasteiger partial charge in [-0.25, -0.2) is 4.79 Å². The van der Waals surface area contributed by atoms with E-state index in [-0.39, 0.29) is 6.61 Å². The molecule has 0 saturated carbocycles. The number of ether oxygens (including phenoxy) is 1. The van der Waals surface area contributed by atoms with Crippen LogP contribution in [0.15, 0.2) is 24.3 Å². The molecule has 0 aliphatic rings. The van der Waals surface area contributed by atoms with Crippen molar-refractivity contribution in [2.75, 3.05) is 26.2 Å². The maximum Gasteiger partial charge on any atom is 0.312 e. The number of hydrogen-bond acceptors (Lipinski definition) is 4. The third kappa shape index (κ3) is 6.96. The van der Waals surface area contributed by atoms with Crippen molar-refractivity contribution < 1.29 is 14.6 Å². The molecule has 0 radical (unpaired) electrons. The third-order valence-corrected chi connectivity index (χ3v) is 2.75. The number of hydrogen-bond donors (Lipinski definition) is 4. The van der Waals surface area contributed by atoms with Gasteiger partial charge in [-0.15, -0.1) is 0 Å². The van der Waals surface area contributed by atoms with Crippen LogP contribution in [0.3, 0.4) is 0 Å². The lowest BCUT2D eigenvalue weighted by Gasteiger charge is -2.13. The number of carbonyl (C=O) groups excluding carboxylic acids is 1. The molecule has 0 fully saturated rings. The van der Waals surface area contributed by atoms with Gasteiger partial charge in [-0.05, 0) is 24.1 Å². The molecule has 5 N–H and O–H groups in total. The normalized spacial score (nSPS) is 11.9. The van der Waals surface area contributed by atoms with E-state index in [4.69, 9.17) is 10.5 Å². The molecule has 0 spiro atoms. The van der Waals surface area contributed by atoms with E-state index in [9.17, 15) is 9.90 Å². The predicted octanol–water partition coefficient (Wildman–Crippen LogP) is 0.247. The zero-order valence-corrected chi connectivity index (χ0v) is 11.8. The molecule has 112 valence electrons. The number of benzene rings is 1. The smallest absolute Gasteiger partial charge is 0.312 e. The molecule has 2 amide bonds. The van der Waals surface area contributed by atoms with Gasteiger partial charge in [0, 0.05) is 19.6 Å². The van der Waals surface area contributed by atoms with Crippen molar-refractivity contribution in [3.05, 3.63) is 29.8 Å². The molecule has 0 saturated heterocycles. The molecule has 0 bridgehead atoms. The minimum Gasteiger partial charge on any atom is -0.491 e. The summed E-state index contributed by atoms with van der Waals surface area (Å²) in [5.74, 6) is 0.747. The van der Waals surface area contributed by atoms with Gasteiger partial charge in [0.25, 0.3) is 0 Å². The molecule has 1 aromatic carbocycles. The summed E-state index contributed by atoms with van der Waals surface area (Å²) in [4.78, 5) is 10.4. The summed E-state index contributed by atoms with van der Waals surface area (Å²) in [6.07, 6.45) is 0.390. The van der Waals surface area contributed by atoms with Crippen LogP contribution in [0.2, 0.25) is 0 Å². The molecular formula is C14H23N3O3. The summed E-state index contributed by atoms with van der Waals surface area (Å²) in [5, 5.41) is 15.2. The van der Waals surface area contributed by atoms with Crippen molar-refractivity contribution in [3.8, 4) is 5.75 Å². The van der Waals surface area contributed by atoms with Crippen LogP contribution >= 0.6 is 0 Å². The van der Waals surface area contributed by atoms with Gasteiger partial charge in [0.15, 0.2) is 0 Å². The molecule has 6 nitrogen and oxygen atoms in total. The van der Waals surface area contributed by atoms with Crippen molar-refractivity contribution in [1.29, 1.82) is 0 Å². The zero-order chi connectivity index (χ0) is 14.8. The highest BCUT2D eigenvalue weighted by Gasteiger charge is 2.04. The Morgan fingerprint density at radius 2 is 2.05 bits per heavy atom. The third-order valence-electron chi connectivity index (χ3n) is 2.75. The predicted molar refractivity (Wildman–Crippen MR) is 77.8 cm³/mol. The van der Waals surface area contributed by atoms with Crippen LogP contribution in [0.1, 0.15) is 12.5 Å². The Morgan fingerprint density at radius 3 is 2.65 bits per heavy atom. The number of urea groups is 1.